The van der Waals surface area contributed by atoms with Crippen LogP contribution in [0, 0.1) is 5.41 Å². The summed E-state index contributed by atoms with van der Waals surface area (Å²) in [6, 6.07) is 0. The molecule has 1 rings (SSSR count). The molecule has 1 aliphatic rings. The molecular formula is C22H39NO2. The van der Waals surface area contributed by atoms with Crippen LogP contribution >= 0.6 is 0 Å². The smallest absolute Gasteiger partial charge is 0.337 e. The largest absolute Gasteiger partial charge is 0.405 e. The van der Waals surface area contributed by atoms with Crippen molar-refractivity contribution in [2.24, 2.45) is 0 Å². The van der Waals surface area contributed by atoms with Gasteiger partial charge < -0.3 is 4.74 Å². The molecule has 0 fully saturated rings. The van der Waals surface area contributed by atoms with E-state index in [4.69, 9.17) is 10.1 Å². The van der Waals surface area contributed by atoms with E-state index in [1.165, 1.54) is 102 Å². The second kappa shape index (κ2) is 15.2. The van der Waals surface area contributed by atoms with Crippen LogP contribution in [0.5, 0.6) is 0 Å². The first-order chi connectivity index (χ1) is 12.2. The average molecular weight is 350 g/mol. The van der Waals surface area contributed by atoms with Crippen LogP contribution in [0.1, 0.15) is 116 Å². The van der Waals surface area contributed by atoms with E-state index in [9.17, 15) is 4.79 Å². The van der Waals surface area contributed by atoms with E-state index in [1.54, 1.807) is 0 Å². The predicted octanol–water partition coefficient (Wildman–Crippen LogP) is 7.10. The van der Waals surface area contributed by atoms with E-state index in [0.29, 0.717) is 0 Å². The number of esters is 1. The van der Waals surface area contributed by atoms with Gasteiger partial charge in [0.2, 0.25) is 5.90 Å². The summed E-state index contributed by atoms with van der Waals surface area (Å²) in [4.78, 5) is 11.0. The molecule has 1 N–H and O–H groups in total. The zero-order chi connectivity index (χ0) is 18.2. The van der Waals surface area contributed by atoms with Gasteiger partial charge >= 0.3 is 5.97 Å². The van der Waals surface area contributed by atoms with Gasteiger partial charge in [-0.15, -0.1) is 0 Å². The van der Waals surface area contributed by atoms with E-state index in [0.717, 1.165) is 18.4 Å². The lowest BCUT2D eigenvalue weighted by Crippen LogP contribution is -2.00. The Balaban J connectivity index is 1.74. The molecule has 25 heavy (non-hydrogen) atoms. The van der Waals surface area contributed by atoms with Crippen molar-refractivity contribution in [2.75, 3.05) is 0 Å². The molecule has 0 saturated heterocycles. The van der Waals surface area contributed by atoms with Crippen LogP contribution in [0.25, 0.3) is 0 Å². The zero-order valence-electron chi connectivity index (χ0n) is 16.4. The van der Waals surface area contributed by atoms with E-state index >= 15 is 0 Å². The first kappa shape index (κ1) is 21.9. The van der Waals surface area contributed by atoms with Gasteiger partial charge in [-0.3, -0.25) is 5.41 Å². The molecule has 0 amide bonds. The lowest BCUT2D eigenvalue weighted by molar-refractivity contribution is -0.129. The van der Waals surface area contributed by atoms with Gasteiger partial charge in [0.1, 0.15) is 0 Å². The molecule has 1 aliphatic heterocycles. The van der Waals surface area contributed by atoms with E-state index in [1.807, 2.05) is 0 Å². The number of carbonyl (C=O) groups excluding carboxylic acids is 1. The lowest BCUT2D eigenvalue weighted by atomic mass is 10.0. The fourth-order valence-corrected chi connectivity index (χ4v) is 3.45. The SMILES string of the molecule is CCCCCCCCCCCCCCCCCCC1=CC(=O)OC1=N. The van der Waals surface area contributed by atoms with Crippen molar-refractivity contribution in [2.45, 2.75) is 116 Å². The second-order valence-electron chi connectivity index (χ2n) is 7.47. The Morgan fingerprint density at radius 2 is 1.12 bits per heavy atom. The van der Waals surface area contributed by atoms with Crippen molar-refractivity contribution in [3.8, 4) is 0 Å². The number of unbranched alkanes of at least 4 members (excludes halogenated alkanes) is 15. The van der Waals surface area contributed by atoms with Crippen molar-refractivity contribution < 1.29 is 9.53 Å². The Kier molecular flexibility index (Phi) is 13.3. The van der Waals surface area contributed by atoms with Crippen LogP contribution in [-0.2, 0) is 9.53 Å². The summed E-state index contributed by atoms with van der Waals surface area (Å²) >= 11 is 0. The highest BCUT2D eigenvalue weighted by Crippen LogP contribution is 2.18. The topological polar surface area (TPSA) is 50.2 Å². The van der Waals surface area contributed by atoms with Crippen molar-refractivity contribution in [3.63, 3.8) is 0 Å². The van der Waals surface area contributed by atoms with Crippen LogP contribution < -0.4 is 0 Å². The Morgan fingerprint density at radius 3 is 1.48 bits per heavy atom. The first-order valence-corrected chi connectivity index (χ1v) is 10.8. The highest BCUT2D eigenvalue weighted by molar-refractivity contribution is 6.10. The molecule has 0 unspecified atom stereocenters. The van der Waals surface area contributed by atoms with Crippen LogP contribution in [-0.4, -0.2) is 11.9 Å². The third kappa shape index (κ3) is 12.0. The summed E-state index contributed by atoms with van der Waals surface area (Å²) in [6.45, 7) is 2.28. The van der Waals surface area contributed by atoms with Crippen molar-refractivity contribution in [1.29, 1.82) is 5.41 Å². The lowest BCUT2D eigenvalue weighted by Gasteiger charge is -2.04. The molecule has 0 radical (unpaired) electrons. The number of ether oxygens (including phenoxy) is 1. The molecule has 1 heterocycles. The number of nitrogens with one attached hydrogen (secondary N) is 1. The molecule has 0 aromatic carbocycles. The van der Waals surface area contributed by atoms with E-state index in [-0.39, 0.29) is 11.9 Å². The maximum Gasteiger partial charge on any atom is 0.337 e. The molecular weight excluding hydrogens is 310 g/mol. The van der Waals surface area contributed by atoms with E-state index in [2.05, 4.69) is 6.92 Å². The minimum atomic E-state index is -0.378. The maximum atomic E-state index is 11.0. The molecule has 0 aliphatic carbocycles. The van der Waals surface area contributed by atoms with Crippen molar-refractivity contribution >= 4 is 11.9 Å². The van der Waals surface area contributed by atoms with Gasteiger partial charge in [0.05, 0.1) is 0 Å². The summed E-state index contributed by atoms with van der Waals surface area (Å²) in [5.41, 5.74) is 0.773. The Bertz CT molecular complexity index is 401. The monoisotopic (exact) mass is 349 g/mol. The Hall–Kier alpha value is -1.12. The van der Waals surface area contributed by atoms with Gasteiger partial charge in [-0.2, -0.15) is 0 Å². The molecule has 3 nitrogen and oxygen atoms in total. The van der Waals surface area contributed by atoms with Crippen LogP contribution in [0.15, 0.2) is 11.6 Å². The third-order valence-electron chi connectivity index (χ3n) is 5.09. The fourth-order valence-electron chi connectivity index (χ4n) is 3.45. The quantitative estimate of drug-likeness (QED) is 0.225. The molecule has 3 heteroatoms. The number of cyclic esters (lactones) is 1. The molecule has 0 spiro atoms. The Morgan fingerprint density at radius 1 is 0.720 bits per heavy atom. The van der Waals surface area contributed by atoms with Crippen LogP contribution in [0.3, 0.4) is 0 Å². The molecule has 0 bridgehead atoms. The molecule has 0 saturated carbocycles. The normalized spacial score (nSPS) is 14.0. The zero-order valence-corrected chi connectivity index (χ0v) is 16.4. The Labute approximate surface area is 155 Å². The highest BCUT2D eigenvalue weighted by atomic mass is 16.5. The predicted molar refractivity (Wildman–Crippen MR) is 106 cm³/mol. The van der Waals surface area contributed by atoms with Crippen LogP contribution in [0.4, 0.5) is 0 Å². The molecule has 0 aromatic rings. The van der Waals surface area contributed by atoms with Gasteiger partial charge in [-0.1, -0.05) is 103 Å². The standard InChI is InChI=1S/C22H39NO2/c1-2-3-4-5-6-7-8-9-10-11-12-13-14-15-16-17-18-20-19-21(24)25-22(20)23/h19,23H,2-18H2,1H3. The van der Waals surface area contributed by atoms with Crippen molar-refractivity contribution in [3.05, 3.63) is 11.6 Å². The molecule has 0 atom stereocenters. The minimum Gasteiger partial charge on any atom is -0.405 e. The first-order valence-electron chi connectivity index (χ1n) is 10.8. The minimum absolute atomic E-state index is 0.0611. The van der Waals surface area contributed by atoms with Gasteiger partial charge in [0, 0.05) is 11.6 Å². The summed E-state index contributed by atoms with van der Waals surface area (Å²) in [6.07, 6.45) is 24.0. The summed E-state index contributed by atoms with van der Waals surface area (Å²) in [5.74, 6) is -0.317. The molecule has 0 aromatic heterocycles. The number of hydrogen-bond acceptors (Lipinski definition) is 3. The summed E-state index contributed by atoms with van der Waals surface area (Å²) in [5, 5.41) is 7.52. The van der Waals surface area contributed by atoms with E-state index < -0.39 is 0 Å². The second-order valence-corrected chi connectivity index (χ2v) is 7.47. The number of carbonyl (C=O) groups is 1. The molecule has 144 valence electrons. The van der Waals surface area contributed by atoms with Gasteiger partial charge in [0.25, 0.3) is 0 Å². The van der Waals surface area contributed by atoms with Gasteiger partial charge in [-0.05, 0) is 12.8 Å². The number of rotatable bonds is 17. The number of hydrogen-bond donors (Lipinski definition) is 1. The fraction of sp³-hybridized carbons (Fsp3) is 0.818. The van der Waals surface area contributed by atoms with Gasteiger partial charge in [-0.25, -0.2) is 4.79 Å². The summed E-state index contributed by atoms with van der Waals surface area (Å²) in [7, 11) is 0. The summed E-state index contributed by atoms with van der Waals surface area (Å²) < 4.78 is 4.70. The van der Waals surface area contributed by atoms with Crippen LogP contribution in [0.2, 0.25) is 0 Å². The highest BCUT2D eigenvalue weighted by Gasteiger charge is 2.18. The maximum absolute atomic E-state index is 11.0. The third-order valence-corrected chi connectivity index (χ3v) is 5.09. The van der Waals surface area contributed by atoms with Gasteiger partial charge in [0.15, 0.2) is 0 Å². The average Bonchev–Trinajstić information content (AvgIpc) is 2.92. The van der Waals surface area contributed by atoms with Crippen molar-refractivity contribution in [1.82, 2.24) is 0 Å².